The van der Waals surface area contributed by atoms with E-state index in [0.29, 0.717) is 13.0 Å². The first-order valence-electron chi connectivity index (χ1n) is 5.72. The van der Waals surface area contributed by atoms with Crippen molar-refractivity contribution in [1.82, 2.24) is 0 Å². The molecule has 0 heterocycles. The lowest BCUT2D eigenvalue weighted by Crippen LogP contribution is -2.26. The van der Waals surface area contributed by atoms with Crippen molar-refractivity contribution < 1.29 is 14.6 Å². The van der Waals surface area contributed by atoms with Crippen molar-refractivity contribution in [1.29, 1.82) is 0 Å². The number of hydrogen-bond acceptors (Lipinski definition) is 2. The first-order valence-corrected chi connectivity index (χ1v) is 6.51. The van der Waals surface area contributed by atoms with Gasteiger partial charge in [-0.25, -0.2) is 4.79 Å². The molecule has 0 radical (unpaired) electrons. The second-order valence-electron chi connectivity index (χ2n) is 3.89. The van der Waals surface area contributed by atoms with Gasteiger partial charge in [-0.05, 0) is 24.1 Å². The summed E-state index contributed by atoms with van der Waals surface area (Å²) in [4.78, 5) is 11.0. The van der Waals surface area contributed by atoms with E-state index in [1.165, 1.54) is 0 Å². The van der Waals surface area contributed by atoms with Gasteiger partial charge in [0, 0.05) is 17.5 Å². The lowest BCUT2D eigenvalue weighted by molar-refractivity contribution is -0.150. The van der Waals surface area contributed by atoms with Gasteiger partial charge < -0.3 is 9.84 Å². The predicted octanol–water partition coefficient (Wildman–Crippen LogP) is 3.26. The van der Waals surface area contributed by atoms with Crippen LogP contribution in [-0.4, -0.2) is 23.8 Å². The summed E-state index contributed by atoms with van der Waals surface area (Å²) in [6, 6.07) is 7.63. The van der Waals surface area contributed by atoms with Gasteiger partial charge in [0.05, 0.1) is 0 Å². The Morgan fingerprint density at radius 2 is 2.29 bits per heavy atom. The number of unbranched alkanes of at least 4 members (excludes halogenated alkanes) is 1. The fourth-order valence-electron chi connectivity index (χ4n) is 1.47. The molecule has 1 N–H and O–H groups in total. The average Bonchev–Trinajstić information content (AvgIpc) is 2.28. The molecule has 94 valence electrons. The molecule has 0 aliphatic heterocycles. The standard InChI is InChI=1S/C13H17BrO3/c1-2-3-7-17-12(13(15)16)9-10-5-4-6-11(14)8-10/h4-6,8,12H,2-3,7,9H2,1H3,(H,15,16)/t12-/m0/s1. The molecule has 1 aromatic carbocycles. The highest BCUT2D eigenvalue weighted by Gasteiger charge is 2.18. The average molecular weight is 301 g/mol. The lowest BCUT2D eigenvalue weighted by Gasteiger charge is -2.13. The van der Waals surface area contributed by atoms with Gasteiger partial charge in [-0.15, -0.1) is 0 Å². The number of benzene rings is 1. The molecule has 0 fully saturated rings. The summed E-state index contributed by atoms with van der Waals surface area (Å²) in [6.45, 7) is 2.55. The molecular formula is C13H17BrO3. The topological polar surface area (TPSA) is 46.5 Å². The number of carbonyl (C=O) groups is 1. The van der Waals surface area contributed by atoms with Crippen molar-refractivity contribution in [2.75, 3.05) is 6.61 Å². The Labute approximate surface area is 110 Å². The maximum absolute atomic E-state index is 11.0. The van der Waals surface area contributed by atoms with Crippen LogP contribution >= 0.6 is 15.9 Å². The molecule has 1 aromatic rings. The second-order valence-corrected chi connectivity index (χ2v) is 4.80. The first-order chi connectivity index (χ1) is 8.13. The molecule has 0 unspecified atom stereocenters. The minimum Gasteiger partial charge on any atom is -0.479 e. The van der Waals surface area contributed by atoms with Gasteiger partial charge in [0.1, 0.15) is 0 Å². The monoisotopic (exact) mass is 300 g/mol. The maximum atomic E-state index is 11.0. The van der Waals surface area contributed by atoms with E-state index in [0.717, 1.165) is 22.9 Å². The number of rotatable bonds is 7. The van der Waals surface area contributed by atoms with Gasteiger partial charge in [-0.2, -0.15) is 0 Å². The van der Waals surface area contributed by atoms with Crippen LogP contribution in [0.3, 0.4) is 0 Å². The Kier molecular flexibility index (Phi) is 6.22. The zero-order valence-corrected chi connectivity index (χ0v) is 11.4. The van der Waals surface area contributed by atoms with Crippen LogP contribution in [0.1, 0.15) is 25.3 Å². The van der Waals surface area contributed by atoms with Crippen LogP contribution < -0.4 is 0 Å². The van der Waals surface area contributed by atoms with Crippen LogP contribution in [0.4, 0.5) is 0 Å². The van der Waals surface area contributed by atoms with E-state index in [2.05, 4.69) is 15.9 Å². The normalized spacial score (nSPS) is 12.4. The highest BCUT2D eigenvalue weighted by molar-refractivity contribution is 9.10. The second kappa shape index (κ2) is 7.45. The zero-order valence-electron chi connectivity index (χ0n) is 9.86. The van der Waals surface area contributed by atoms with E-state index in [-0.39, 0.29) is 0 Å². The van der Waals surface area contributed by atoms with Crippen molar-refractivity contribution in [3.8, 4) is 0 Å². The summed E-state index contributed by atoms with van der Waals surface area (Å²) in [7, 11) is 0. The number of carboxylic acids is 1. The van der Waals surface area contributed by atoms with E-state index in [1.54, 1.807) is 0 Å². The Hall–Kier alpha value is -0.870. The molecule has 0 aliphatic rings. The number of halogens is 1. The predicted molar refractivity (Wildman–Crippen MR) is 70.1 cm³/mol. The summed E-state index contributed by atoms with van der Waals surface area (Å²) in [5.41, 5.74) is 0.961. The SMILES string of the molecule is CCCCO[C@@H](Cc1cccc(Br)c1)C(=O)O. The van der Waals surface area contributed by atoms with Gasteiger partial charge in [0.25, 0.3) is 0 Å². The fourth-order valence-corrected chi connectivity index (χ4v) is 1.91. The van der Waals surface area contributed by atoms with E-state index in [4.69, 9.17) is 9.84 Å². The number of hydrogen-bond donors (Lipinski definition) is 1. The summed E-state index contributed by atoms with van der Waals surface area (Å²) in [5, 5.41) is 9.07. The minimum atomic E-state index is -0.902. The number of carboxylic acid groups (broad SMARTS) is 1. The Balaban J connectivity index is 2.57. The molecule has 0 bridgehead atoms. The highest BCUT2D eigenvalue weighted by Crippen LogP contribution is 2.14. The number of ether oxygens (including phenoxy) is 1. The van der Waals surface area contributed by atoms with Gasteiger partial charge in [0.15, 0.2) is 6.10 Å². The van der Waals surface area contributed by atoms with Crippen molar-refractivity contribution >= 4 is 21.9 Å². The third-order valence-corrected chi connectivity index (χ3v) is 2.90. The minimum absolute atomic E-state index is 0.401. The van der Waals surface area contributed by atoms with Crippen LogP contribution in [0.25, 0.3) is 0 Å². The van der Waals surface area contributed by atoms with Gasteiger partial charge in [-0.1, -0.05) is 41.4 Å². The quantitative estimate of drug-likeness (QED) is 0.786. The van der Waals surface area contributed by atoms with Crippen LogP contribution in [-0.2, 0) is 16.0 Å². The maximum Gasteiger partial charge on any atom is 0.333 e. The van der Waals surface area contributed by atoms with E-state index in [9.17, 15) is 4.79 Å². The molecular weight excluding hydrogens is 284 g/mol. The Morgan fingerprint density at radius 1 is 1.53 bits per heavy atom. The lowest BCUT2D eigenvalue weighted by atomic mass is 10.1. The van der Waals surface area contributed by atoms with Crippen molar-refractivity contribution in [2.24, 2.45) is 0 Å². The summed E-state index contributed by atoms with van der Waals surface area (Å²) >= 11 is 3.36. The Bertz CT molecular complexity index is 365. The summed E-state index contributed by atoms with van der Waals surface area (Å²) in [5.74, 6) is -0.902. The molecule has 0 aromatic heterocycles. The van der Waals surface area contributed by atoms with Crippen LogP contribution in [0, 0.1) is 0 Å². The van der Waals surface area contributed by atoms with E-state index >= 15 is 0 Å². The zero-order chi connectivity index (χ0) is 12.7. The van der Waals surface area contributed by atoms with Gasteiger partial charge >= 0.3 is 5.97 Å². The largest absolute Gasteiger partial charge is 0.479 e. The van der Waals surface area contributed by atoms with Gasteiger partial charge in [-0.3, -0.25) is 0 Å². The molecule has 4 heteroatoms. The summed E-state index contributed by atoms with van der Waals surface area (Å²) in [6.07, 6.45) is 1.54. The third kappa shape index (κ3) is 5.33. The van der Waals surface area contributed by atoms with E-state index < -0.39 is 12.1 Å². The molecule has 0 saturated carbocycles. The molecule has 0 spiro atoms. The van der Waals surface area contributed by atoms with E-state index in [1.807, 2.05) is 31.2 Å². The molecule has 3 nitrogen and oxygen atoms in total. The van der Waals surface area contributed by atoms with Crippen molar-refractivity contribution in [2.45, 2.75) is 32.3 Å². The Morgan fingerprint density at radius 3 is 2.88 bits per heavy atom. The summed E-state index contributed by atoms with van der Waals surface area (Å²) < 4.78 is 6.32. The van der Waals surface area contributed by atoms with Crippen LogP contribution in [0.5, 0.6) is 0 Å². The molecule has 0 saturated heterocycles. The molecule has 0 amide bonds. The van der Waals surface area contributed by atoms with Crippen molar-refractivity contribution in [3.05, 3.63) is 34.3 Å². The number of aliphatic carboxylic acids is 1. The molecule has 0 aliphatic carbocycles. The smallest absolute Gasteiger partial charge is 0.333 e. The van der Waals surface area contributed by atoms with Gasteiger partial charge in [0.2, 0.25) is 0 Å². The van der Waals surface area contributed by atoms with Crippen molar-refractivity contribution in [3.63, 3.8) is 0 Å². The first kappa shape index (κ1) is 14.2. The highest BCUT2D eigenvalue weighted by atomic mass is 79.9. The molecule has 1 atom stereocenters. The van der Waals surface area contributed by atoms with Crippen LogP contribution in [0.2, 0.25) is 0 Å². The van der Waals surface area contributed by atoms with Crippen LogP contribution in [0.15, 0.2) is 28.7 Å². The molecule has 17 heavy (non-hydrogen) atoms. The third-order valence-electron chi connectivity index (χ3n) is 2.40. The molecule has 1 rings (SSSR count). The fraction of sp³-hybridized carbons (Fsp3) is 0.462.